The number of hydrogen-bond acceptors (Lipinski definition) is 3. The van der Waals surface area contributed by atoms with E-state index in [2.05, 4.69) is 56.5 Å². The van der Waals surface area contributed by atoms with Gasteiger partial charge in [-0.25, -0.2) is 0 Å². The van der Waals surface area contributed by atoms with Gasteiger partial charge in [0.2, 0.25) is 5.91 Å². The molecular formula is C23H32N2O2. The van der Waals surface area contributed by atoms with Crippen molar-refractivity contribution in [1.29, 1.82) is 0 Å². The third kappa shape index (κ3) is 6.02. The summed E-state index contributed by atoms with van der Waals surface area (Å²) < 4.78 is 5.15. The Hall–Kier alpha value is -2.49. The Kier molecular flexibility index (Phi) is 7.71. The molecule has 2 rings (SSSR count). The summed E-state index contributed by atoms with van der Waals surface area (Å²) in [6.45, 7) is 9.96. The van der Waals surface area contributed by atoms with Gasteiger partial charge in [0.05, 0.1) is 7.11 Å². The fourth-order valence-corrected chi connectivity index (χ4v) is 3.09. The van der Waals surface area contributed by atoms with E-state index in [1.165, 1.54) is 16.8 Å². The predicted molar refractivity (Wildman–Crippen MR) is 113 cm³/mol. The smallest absolute Gasteiger partial charge is 0.222 e. The van der Waals surface area contributed by atoms with Crippen molar-refractivity contribution in [2.75, 3.05) is 19.0 Å². The molecule has 4 heteroatoms. The van der Waals surface area contributed by atoms with Crippen molar-refractivity contribution < 1.29 is 9.53 Å². The quantitative estimate of drug-likeness (QED) is 0.650. The summed E-state index contributed by atoms with van der Waals surface area (Å²) in [6.07, 6.45) is 0.445. The second-order valence-corrected chi connectivity index (χ2v) is 7.42. The Bertz CT molecular complexity index is 710. The first-order chi connectivity index (χ1) is 12.9. The van der Waals surface area contributed by atoms with Crippen LogP contribution in [-0.2, 0) is 11.3 Å². The maximum absolute atomic E-state index is 12.2. The van der Waals surface area contributed by atoms with Gasteiger partial charge in [-0.3, -0.25) is 4.79 Å². The van der Waals surface area contributed by atoms with E-state index in [9.17, 15) is 4.79 Å². The lowest BCUT2D eigenvalue weighted by Gasteiger charge is -2.20. The Morgan fingerprint density at radius 2 is 1.56 bits per heavy atom. The lowest BCUT2D eigenvalue weighted by atomic mass is 9.92. The molecule has 2 N–H and O–H groups in total. The molecule has 4 nitrogen and oxygen atoms in total. The number of methoxy groups -OCH3 is 1. The van der Waals surface area contributed by atoms with Crippen molar-refractivity contribution in [3.63, 3.8) is 0 Å². The summed E-state index contributed by atoms with van der Waals surface area (Å²) in [6, 6.07) is 14.2. The molecule has 2 aromatic carbocycles. The van der Waals surface area contributed by atoms with Gasteiger partial charge in [-0.05, 0) is 40.7 Å². The molecule has 0 saturated heterocycles. The van der Waals surface area contributed by atoms with Gasteiger partial charge in [-0.2, -0.15) is 0 Å². The number of carbonyl (C=O) groups is 1. The van der Waals surface area contributed by atoms with Crippen LogP contribution in [0.4, 0.5) is 5.69 Å². The Balaban J connectivity index is 1.89. The number of hydrogen-bond donors (Lipinski definition) is 2. The maximum Gasteiger partial charge on any atom is 0.222 e. The summed E-state index contributed by atoms with van der Waals surface area (Å²) >= 11 is 0. The number of ether oxygens (including phenoxy) is 1. The van der Waals surface area contributed by atoms with Gasteiger partial charge in [0, 0.05) is 25.2 Å². The molecule has 0 heterocycles. The van der Waals surface area contributed by atoms with Crippen molar-refractivity contribution in [1.82, 2.24) is 5.32 Å². The minimum absolute atomic E-state index is 0.0476. The minimum atomic E-state index is 0.0476. The van der Waals surface area contributed by atoms with Gasteiger partial charge in [0.1, 0.15) is 5.75 Å². The third-order valence-corrected chi connectivity index (χ3v) is 4.68. The molecule has 146 valence electrons. The van der Waals surface area contributed by atoms with E-state index in [0.717, 1.165) is 11.3 Å². The molecule has 0 bridgehead atoms. The fraction of sp³-hybridized carbons (Fsp3) is 0.435. The van der Waals surface area contributed by atoms with E-state index >= 15 is 0 Å². The highest BCUT2D eigenvalue weighted by molar-refractivity contribution is 5.76. The molecule has 0 aliphatic carbocycles. The van der Waals surface area contributed by atoms with Crippen LogP contribution in [0.1, 0.15) is 62.6 Å². The Labute approximate surface area is 163 Å². The zero-order valence-corrected chi connectivity index (χ0v) is 17.1. The highest BCUT2D eigenvalue weighted by atomic mass is 16.5. The summed E-state index contributed by atoms with van der Waals surface area (Å²) in [5, 5.41) is 6.49. The standard InChI is InChI=1S/C23H32N2O2/c1-16(2)20-7-6-8-21(17(3)4)23(20)24-14-13-22(26)25-15-18-9-11-19(27-5)12-10-18/h6-12,16-17,24H,13-15H2,1-5H3,(H,25,26). The molecule has 27 heavy (non-hydrogen) atoms. The van der Waals surface area contributed by atoms with Crippen LogP contribution in [-0.4, -0.2) is 19.6 Å². The van der Waals surface area contributed by atoms with Crippen molar-refractivity contribution >= 4 is 11.6 Å². The SMILES string of the molecule is COc1ccc(CNC(=O)CCNc2c(C(C)C)cccc2C(C)C)cc1. The number of carbonyl (C=O) groups excluding carboxylic acids is 1. The first-order valence-corrected chi connectivity index (χ1v) is 9.68. The van der Waals surface area contributed by atoms with Crippen LogP contribution >= 0.6 is 0 Å². The highest BCUT2D eigenvalue weighted by Gasteiger charge is 2.13. The van der Waals surface area contributed by atoms with Crippen LogP contribution in [0.25, 0.3) is 0 Å². The van der Waals surface area contributed by atoms with Gasteiger partial charge in [-0.15, -0.1) is 0 Å². The molecule has 2 aromatic rings. The number of amides is 1. The molecule has 0 aliphatic rings. The van der Waals surface area contributed by atoms with Crippen LogP contribution in [0.2, 0.25) is 0 Å². The summed E-state index contributed by atoms with van der Waals surface area (Å²) in [7, 11) is 1.64. The number of anilines is 1. The largest absolute Gasteiger partial charge is 0.497 e. The number of para-hydroxylation sites is 1. The van der Waals surface area contributed by atoms with Crippen molar-refractivity contribution in [3.05, 3.63) is 59.2 Å². The van der Waals surface area contributed by atoms with Gasteiger partial charge in [0.15, 0.2) is 0 Å². The second kappa shape index (κ2) is 10.0. The van der Waals surface area contributed by atoms with Crippen LogP contribution in [0, 0.1) is 0 Å². The molecule has 0 aromatic heterocycles. The highest BCUT2D eigenvalue weighted by Crippen LogP contribution is 2.32. The molecule has 0 spiro atoms. The van der Waals surface area contributed by atoms with E-state index < -0.39 is 0 Å². The molecule has 0 fully saturated rings. The normalized spacial score (nSPS) is 10.9. The van der Waals surface area contributed by atoms with E-state index in [1.807, 2.05) is 24.3 Å². The molecular weight excluding hydrogens is 336 g/mol. The van der Waals surface area contributed by atoms with Crippen molar-refractivity contribution in [2.24, 2.45) is 0 Å². The van der Waals surface area contributed by atoms with Crippen molar-refractivity contribution in [3.8, 4) is 5.75 Å². The molecule has 1 amide bonds. The van der Waals surface area contributed by atoms with E-state index in [1.54, 1.807) is 7.11 Å². The second-order valence-electron chi connectivity index (χ2n) is 7.42. The third-order valence-electron chi connectivity index (χ3n) is 4.68. The molecule has 0 atom stereocenters. The zero-order chi connectivity index (χ0) is 19.8. The predicted octanol–water partition coefficient (Wildman–Crippen LogP) is 5.06. The average molecular weight is 369 g/mol. The zero-order valence-electron chi connectivity index (χ0n) is 17.1. The van der Waals surface area contributed by atoms with Gasteiger partial charge in [0.25, 0.3) is 0 Å². The maximum atomic E-state index is 12.2. The summed E-state index contributed by atoms with van der Waals surface area (Å²) in [5.41, 5.74) is 4.86. The number of nitrogens with one attached hydrogen (secondary N) is 2. The monoisotopic (exact) mass is 368 g/mol. The van der Waals surface area contributed by atoms with Crippen molar-refractivity contribution in [2.45, 2.75) is 52.5 Å². The molecule has 0 unspecified atom stereocenters. The van der Waals surface area contributed by atoms with E-state index in [-0.39, 0.29) is 5.91 Å². The van der Waals surface area contributed by atoms with Crippen LogP contribution < -0.4 is 15.4 Å². The lowest BCUT2D eigenvalue weighted by molar-refractivity contribution is -0.121. The molecule has 0 radical (unpaired) electrons. The Morgan fingerprint density at radius 3 is 2.07 bits per heavy atom. The summed E-state index contributed by atoms with van der Waals surface area (Å²) in [5.74, 6) is 1.75. The Morgan fingerprint density at radius 1 is 0.963 bits per heavy atom. The van der Waals surface area contributed by atoms with E-state index in [0.29, 0.717) is 31.3 Å². The fourth-order valence-electron chi connectivity index (χ4n) is 3.09. The van der Waals surface area contributed by atoms with Gasteiger partial charge >= 0.3 is 0 Å². The van der Waals surface area contributed by atoms with Gasteiger partial charge in [-0.1, -0.05) is 58.0 Å². The number of rotatable bonds is 9. The van der Waals surface area contributed by atoms with Crippen LogP contribution in [0.5, 0.6) is 5.75 Å². The average Bonchev–Trinajstić information content (AvgIpc) is 2.66. The van der Waals surface area contributed by atoms with Gasteiger partial charge < -0.3 is 15.4 Å². The molecule has 0 saturated carbocycles. The van der Waals surface area contributed by atoms with Crippen LogP contribution in [0.15, 0.2) is 42.5 Å². The van der Waals surface area contributed by atoms with E-state index in [4.69, 9.17) is 4.74 Å². The molecule has 0 aliphatic heterocycles. The minimum Gasteiger partial charge on any atom is -0.497 e. The summed E-state index contributed by atoms with van der Waals surface area (Å²) in [4.78, 5) is 12.2. The first-order valence-electron chi connectivity index (χ1n) is 9.68. The topological polar surface area (TPSA) is 50.4 Å². The number of benzene rings is 2. The first kappa shape index (κ1) is 20.8. The lowest BCUT2D eigenvalue weighted by Crippen LogP contribution is -2.25. The van der Waals surface area contributed by atoms with Crippen LogP contribution in [0.3, 0.4) is 0 Å².